The number of aliphatic hydroxyl groups excluding tert-OH is 2. The number of piperidine rings is 1. The van der Waals surface area contributed by atoms with E-state index in [9.17, 15) is 0 Å². The van der Waals surface area contributed by atoms with E-state index in [1.54, 1.807) is 0 Å². The molecule has 0 bridgehead atoms. The van der Waals surface area contributed by atoms with Gasteiger partial charge in [0, 0.05) is 13.1 Å². The van der Waals surface area contributed by atoms with Gasteiger partial charge in [-0.15, -0.1) is 0 Å². The SMILES string of the molecule is OCC(O)CON1CCCCC1. The van der Waals surface area contributed by atoms with Gasteiger partial charge in [-0.05, 0) is 12.8 Å². The molecule has 1 aliphatic heterocycles. The zero-order valence-corrected chi connectivity index (χ0v) is 7.28. The van der Waals surface area contributed by atoms with E-state index in [0.29, 0.717) is 0 Å². The molecule has 1 aliphatic rings. The van der Waals surface area contributed by atoms with Crippen LogP contribution >= 0.6 is 0 Å². The average molecular weight is 175 g/mol. The highest BCUT2D eigenvalue weighted by atomic mass is 16.7. The molecule has 2 N–H and O–H groups in total. The van der Waals surface area contributed by atoms with Crippen LogP contribution in [0.2, 0.25) is 0 Å². The lowest BCUT2D eigenvalue weighted by molar-refractivity contribution is -0.189. The molecule has 1 fully saturated rings. The maximum atomic E-state index is 8.99. The van der Waals surface area contributed by atoms with Crippen molar-refractivity contribution < 1.29 is 15.1 Å². The molecule has 0 aromatic rings. The Morgan fingerprint density at radius 2 is 1.92 bits per heavy atom. The van der Waals surface area contributed by atoms with Crippen molar-refractivity contribution in [2.24, 2.45) is 0 Å². The van der Waals surface area contributed by atoms with E-state index in [0.717, 1.165) is 25.9 Å². The number of hydroxylamine groups is 2. The van der Waals surface area contributed by atoms with E-state index >= 15 is 0 Å². The Kier molecular flexibility index (Phi) is 4.53. The molecular weight excluding hydrogens is 158 g/mol. The molecule has 1 heterocycles. The summed E-state index contributed by atoms with van der Waals surface area (Å²) in [6, 6.07) is 0. The van der Waals surface area contributed by atoms with Gasteiger partial charge in [0.05, 0.1) is 13.2 Å². The molecule has 0 saturated carbocycles. The van der Waals surface area contributed by atoms with E-state index in [1.165, 1.54) is 6.42 Å². The molecule has 1 rings (SSSR count). The summed E-state index contributed by atoms with van der Waals surface area (Å²) >= 11 is 0. The summed E-state index contributed by atoms with van der Waals surface area (Å²) in [6.07, 6.45) is 2.85. The number of aliphatic hydroxyl groups is 2. The highest BCUT2D eigenvalue weighted by Gasteiger charge is 2.11. The van der Waals surface area contributed by atoms with E-state index < -0.39 is 6.10 Å². The smallest absolute Gasteiger partial charge is 0.102 e. The van der Waals surface area contributed by atoms with Crippen LogP contribution in [-0.2, 0) is 4.84 Å². The third kappa shape index (κ3) is 3.49. The van der Waals surface area contributed by atoms with E-state index in [1.807, 2.05) is 5.06 Å². The van der Waals surface area contributed by atoms with Crippen molar-refractivity contribution in [2.75, 3.05) is 26.3 Å². The molecule has 4 heteroatoms. The topological polar surface area (TPSA) is 52.9 Å². The fraction of sp³-hybridized carbons (Fsp3) is 1.00. The first-order valence-electron chi connectivity index (χ1n) is 4.49. The first-order valence-corrected chi connectivity index (χ1v) is 4.49. The Hall–Kier alpha value is -0.160. The maximum absolute atomic E-state index is 8.99. The van der Waals surface area contributed by atoms with Crippen LogP contribution < -0.4 is 0 Å². The molecule has 0 aromatic carbocycles. The first-order chi connectivity index (χ1) is 5.83. The molecule has 1 atom stereocenters. The second-order valence-electron chi connectivity index (χ2n) is 3.12. The standard InChI is InChI=1S/C8H17NO3/c10-6-8(11)7-12-9-4-2-1-3-5-9/h8,10-11H,1-7H2. The zero-order chi connectivity index (χ0) is 8.81. The van der Waals surface area contributed by atoms with Crippen molar-refractivity contribution in [1.82, 2.24) is 5.06 Å². The lowest BCUT2D eigenvalue weighted by atomic mass is 10.2. The van der Waals surface area contributed by atoms with Crippen molar-refractivity contribution in [1.29, 1.82) is 0 Å². The third-order valence-corrected chi connectivity index (χ3v) is 1.98. The Balaban J connectivity index is 2.05. The summed E-state index contributed by atoms with van der Waals surface area (Å²) in [4.78, 5) is 5.26. The monoisotopic (exact) mass is 175 g/mol. The van der Waals surface area contributed by atoms with Crippen LogP contribution in [-0.4, -0.2) is 47.7 Å². The highest BCUT2D eigenvalue weighted by Crippen LogP contribution is 2.08. The molecule has 4 nitrogen and oxygen atoms in total. The Labute approximate surface area is 72.7 Å². The van der Waals surface area contributed by atoms with Gasteiger partial charge < -0.3 is 10.2 Å². The van der Waals surface area contributed by atoms with Gasteiger partial charge in [0.1, 0.15) is 6.10 Å². The van der Waals surface area contributed by atoms with Crippen LogP contribution in [0.1, 0.15) is 19.3 Å². The largest absolute Gasteiger partial charge is 0.394 e. The molecule has 1 saturated heterocycles. The highest BCUT2D eigenvalue weighted by molar-refractivity contribution is 4.57. The number of hydrogen-bond acceptors (Lipinski definition) is 4. The van der Waals surface area contributed by atoms with Crippen LogP contribution in [0.5, 0.6) is 0 Å². The molecule has 0 radical (unpaired) electrons. The third-order valence-electron chi connectivity index (χ3n) is 1.98. The number of nitrogens with zero attached hydrogens (tertiary/aromatic N) is 1. The summed E-state index contributed by atoms with van der Waals surface area (Å²) in [5.74, 6) is 0. The van der Waals surface area contributed by atoms with Gasteiger partial charge in [0.2, 0.25) is 0 Å². The van der Waals surface area contributed by atoms with Crippen molar-refractivity contribution in [3.63, 3.8) is 0 Å². The second kappa shape index (κ2) is 5.48. The zero-order valence-electron chi connectivity index (χ0n) is 7.28. The fourth-order valence-corrected chi connectivity index (χ4v) is 1.24. The van der Waals surface area contributed by atoms with E-state index in [4.69, 9.17) is 15.1 Å². The van der Waals surface area contributed by atoms with Gasteiger partial charge in [-0.1, -0.05) is 6.42 Å². The quantitative estimate of drug-likeness (QED) is 0.619. The fourth-order valence-electron chi connectivity index (χ4n) is 1.24. The van der Waals surface area contributed by atoms with Crippen molar-refractivity contribution in [3.05, 3.63) is 0 Å². The molecule has 72 valence electrons. The predicted molar refractivity (Wildman–Crippen MR) is 44.5 cm³/mol. The van der Waals surface area contributed by atoms with Crippen molar-refractivity contribution >= 4 is 0 Å². The van der Waals surface area contributed by atoms with Gasteiger partial charge in [-0.25, -0.2) is 0 Å². The van der Waals surface area contributed by atoms with Crippen LogP contribution in [0, 0.1) is 0 Å². The molecule has 0 aliphatic carbocycles. The van der Waals surface area contributed by atoms with Gasteiger partial charge in [0.15, 0.2) is 0 Å². The van der Waals surface area contributed by atoms with Crippen LogP contribution in [0.15, 0.2) is 0 Å². The molecule has 0 aromatic heterocycles. The summed E-state index contributed by atoms with van der Waals surface area (Å²) in [5.41, 5.74) is 0. The van der Waals surface area contributed by atoms with Crippen molar-refractivity contribution in [3.8, 4) is 0 Å². The van der Waals surface area contributed by atoms with Crippen LogP contribution in [0.3, 0.4) is 0 Å². The minimum absolute atomic E-state index is 0.205. The van der Waals surface area contributed by atoms with Crippen LogP contribution in [0.25, 0.3) is 0 Å². The lowest BCUT2D eigenvalue weighted by Crippen LogP contribution is -2.33. The normalized spacial score (nSPS) is 22.5. The number of hydrogen-bond donors (Lipinski definition) is 2. The van der Waals surface area contributed by atoms with E-state index in [2.05, 4.69) is 0 Å². The van der Waals surface area contributed by atoms with Gasteiger partial charge in [-0.3, -0.25) is 4.84 Å². The molecular formula is C8H17NO3. The summed E-state index contributed by atoms with van der Waals surface area (Å²) < 4.78 is 0. The lowest BCUT2D eigenvalue weighted by Gasteiger charge is -2.26. The second-order valence-corrected chi connectivity index (χ2v) is 3.12. The molecule has 1 unspecified atom stereocenters. The Morgan fingerprint density at radius 1 is 1.25 bits per heavy atom. The van der Waals surface area contributed by atoms with Crippen LogP contribution in [0.4, 0.5) is 0 Å². The summed E-state index contributed by atoms with van der Waals surface area (Å²) in [7, 11) is 0. The Bertz CT molecular complexity index is 115. The minimum Gasteiger partial charge on any atom is -0.394 e. The maximum Gasteiger partial charge on any atom is 0.102 e. The minimum atomic E-state index is -0.744. The Morgan fingerprint density at radius 3 is 2.50 bits per heavy atom. The summed E-state index contributed by atoms with van der Waals surface area (Å²) in [6.45, 7) is 1.86. The number of rotatable bonds is 4. The van der Waals surface area contributed by atoms with Gasteiger partial charge in [-0.2, -0.15) is 5.06 Å². The summed E-state index contributed by atoms with van der Waals surface area (Å²) in [5, 5.41) is 19.4. The first kappa shape index (κ1) is 9.92. The van der Waals surface area contributed by atoms with Crippen molar-refractivity contribution in [2.45, 2.75) is 25.4 Å². The molecule has 0 amide bonds. The predicted octanol–water partition coefficient (Wildman–Crippen LogP) is -0.243. The van der Waals surface area contributed by atoms with E-state index in [-0.39, 0.29) is 13.2 Å². The average Bonchev–Trinajstić information content (AvgIpc) is 2.16. The van der Waals surface area contributed by atoms with Gasteiger partial charge >= 0.3 is 0 Å². The molecule has 0 spiro atoms. The van der Waals surface area contributed by atoms with Gasteiger partial charge in [0.25, 0.3) is 0 Å². The molecule has 12 heavy (non-hydrogen) atoms.